The molecule has 0 bridgehead atoms. The Morgan fingerprint density at radius 3 is 2.58 bits per heavy atom. The molecule has 4 aromatic rings. The molecular weight excluding hydrogens is 721 g/mol. The third kappa shape index (κ3) is 9.39. The minimum absolute atomic E-state index is 0.0737. The average Bonchev–Trinajstić information content (AvgIpc) is 3.86. The standard InChI is InChI=1S/C45H58N6O6/c1-7-50-38-18-17-33(25-35(38)36(26-45(4,5)27-56-29-53)42(50)34-15-11-19-46-40(34)39-16-12-22-57-39)32-14-10-13-31(23-32)24-37(44(55)51-21-9-8-20-47-51)48-43(54)41(30(2)3)49(6)28-52/h10-11,13-15,17-19,23,25,28-30,37,39,41,47H,7-9,12,16,20-22,24,26-27H2,1-6H3,(H,48,54). The Bertz CT molecular complexity index is 2050. The summed E-state index contributed by atoms with van der Waals surface area (Å²) in [4.78, 5) is 56.9. The summed E-state index contributed by atoms with van der Waals surface area (Å²) in [6.07, 6.45) is 7.10. The number of ether oxygens (including phenoxy) is 2. The first-order valence-electron chi connectivity index (χ1n) is 20.3. The van der Waals surface area contributed by atoms with Crippen LogP contribution in [0.25, 0.3) is 33.3 Å². The van der Waals surface area contributed by atoms with Crippen molar-refractivity contribution in [1.29, 1.82) is 0 Å². The van der Waals surface area contributed by atoms with Gasteiger partial charge in [0.25, 0.3) is 12.4 Å². The molecular formula is C45H58N6O6. The molecule has 2 aliphatic heterocycles. The number of carbonyl (C=O) groups excluding carboxylic acids is 4. The Hall–Kier alpha value is -5.07. The molecule has 0 spiro atoms. The van der Waals surface area contributed by atoms with E-state index in [4.69, 9.17) is 14.5 Å². The number of likely N-dealkylation sites (N-methyl/N-ethyl adjacent to an activating group) is 1. The maximum Gasteiger partial charge on any atom is 0.293 e. The van der Waals surface area contributed by atoms with Crippen LogP contribution in [0.4, 0.5) is 0 Å². The molecule has 2 aliphatic rings. The van der Waals surface area contributed by atoms with E-state index in [1.165, 1.54) is 4.90 Å². The summed E-state index contributed by atoms with van der Waals surface area (Å²) in [7, 11) is 1.59. The van der Waals surface area contributed by atoms with Gasteiger partial charge in [0.15, 0.2) is 0 Å². The molecule has 3 amide bonds. The topological polar surface area (TPSA) is 135 Å². The highest BCUT2D eigenvalue weighted by molar-refractivity contribution is 5.95. The highest BCUT2D eigenvalue weighted by Gasteiger charge is 2.33. The second-order valence-corrected chi connectivity index (χ2v) is 16.5. The zero-order valence-electron chi connectivity index (χ0n) is 34.3. The van der Waals surface area contributed by atoms with Gasteiger partial charge in [0.2, 0.25) is 12.3 Å². The van der Waals surface area contributed by atoms with Gasteiger partial charge in [-0.25, -0.2) is 5.43 Å². The molecule has 12 nitrogen and oxygen atoms in total. The van der Waals surface area contributed by atoms with Crippen molar-refractivity contribution in [3.05, 3.63) is 77.6 Å². The number of aryl methyl sites for hydroxylation is 1. The highest BCUT2D eigenvalue weighted by Crippen LogP contribution is 2.43. The maximum absolute atomic E-state index is 14.0. The van der Waals surface area contributed by atoms with E-state index in [9.17, 15) is 19.2 Å². The van der Waals surface area contributed by atoms with Crippen LogP contribution in [0.2, 0.25) is 0 Å². The molecule has 2 fully saturated rings. The fourth-order valence-corrected chi connectivity index (χ4v) is 8.53. The Labute approximate surface area is 336 Å². The normalized spacial score (nSPS) is 17.0. The molecule has 4 heterocycles. The summed E-state index contributed by atoms with van der Waals surface area (Å²) < 4.78 is 13.9. The van der Waals surface area contributed by atoms with Gasteiger partial charge in [-0.15, -0.1) is 0 Å². The average molecular weight is 779 g/mol. The third-order valence-electron chi connectivity index (χ3n) is 11.2. The molecule has 57 heavy (non-hydrogen) atoms. The zero-order chi connectivity index (χ0) is 40.7. The van der Waals surface area contributed by atoms with Crippen molar-refractivity contribution in [3.63, 3.8) is 0 Å². The first-order valence-corrected chi connectivity index (χ1v) is 20.3. The van der Waals surface area contributed by atoms with E-state index in [0.717, 1.165) is 88.9 Å². The lowest BCUT2D eigenvalue weighted by Crippen LogP contribution is -2.58. The van der Waals surface area contributed by atoms with Gasteiger partial charge >= 0.3 is 0 Å². The lowest BCUT2D eigenvalue weighted by molar-refractivity contribution is -0.142. The summed E-state index contributed by atoms with van der Waals surface area (Å²) >= 11 is 0. The van der Waals surface area contributed by atoms with E-state index in [0.29, 0.717) is 32.4 Å². The highest BCUT2D eigenvalue weighted by atomic mass is 16.5. The summed E-state index contributed by atoms with van der Waals surface area (Å²) in [5.74, 6) is -0.722. The number of nitrogens with one attached hydrogen (secondary N) is 2. The zero-order valence-corrected chi connectivity index (χ0v) is 34.3. The number of hydrogen-bond acceptors (Lipinski definition) is 8. The van der Waals surface area contributed by atoms with Crippen molar-refractivity contribution in [3.8, 4) is 22.4 Å². The van der Waals surface area contributed by atoms with Crippen LogP contribution in [-0.2, 0) is 48.0 Å². The molecule has 3 unspecified atom stereocenters. The Morgan fingerprint density at radius 1 is 1.09 bits per heavy atom. The van der Waals surface area contributed by atoms with E-state index in [2.05, 4.69) is 72.5 Å². The third-order valence-corrected chi connectivity index (χ3v) is 11.2. The number of rotatable bonds is 17. The van der Waals surface area contributed by atoms with E-state index in [1.807, 2.05) is 38.2 Å². The molecule has 12 heteroatoms. The number of pyridine rings is 1. The molecule has 304 valence electrons. The van der Waals surface area contributed by atoms with Crippen LogP contribution >= 0.6 is 0 Å². The lowest BCUT2D eigenvalue weighted by Gasteiger charge is -2.33. The summed E-state index contributed by atoms with van der Waals surface area (Å²) in [6, 6.07) is 17.2. The van der Waals surface area contributed by atoms with E-state index < -0.39 is 12.1 Å². The van der Waals surface area contributed by atoms with Gasteiger partial charge in [-0.3, -0.25) is 29.2 Å². The van der Waals surface area contributed by atoms with E-state index in [1.54, 1.807) is 12.1 Å². The number of carbonyl (C=O) groups is 4. The van der Waals surface area contributed by atoms with Gasteiger partial charge in [-0.1, -0.05) is 58.0 Å². The number of benzene rings is 2. The Balaban J connectivity index is 1.41. The molecule has 2 aromatic heterocycles. The van der Waals surface area contributed by atoms with Crippen LogP contribution in [-0.4, -0.2) is 89.6 Å². The van der Waals surface area contributed by atoms with E-state index >= 15 is 0 Å². The first kappa shape index (κ1) is 41.6. The van der Waals surface area contributed by atoms with Gasteiger partial charge in [0.1, 0.15) is 18.2 Å². The van der Waals surface area contributed by atoms with Crippen molar-refractivity contribution >= 4 is 35.6 Å². The molecule has 0 saturated carbocycles. The van der Waals surface area contributed by atoms with Crippen LogP contribution in [0.5, 0.6) is 0 Å². The largest absolute Gasteiger partial charge is 0.467 e. The smallest absolute Gasteiger partial charge is 0.293 e. The van der Waals surface area contributed by atoms with Gasteiger partial charge in [-0.05, 0) is 91.5 Å². The van der Waals surface area contributed by atoms with E-state index in [-0.39, 0.29) is 42.3 Å². The minimum Gasteiger partial charge on any atom is -0.467 e. The number of fused-ring (bicyclic) bond motifs is 1. The number of nitrogens with zero attached hydrogens (tertiary/aromatic N) is 4. The molecule has 2 aromatic carbocycles. The Morgan fingerprint density at radius 2 is 1.89 bits per heavy atom. The van der Waals surface area contributed by atoms with Gasteiger partial charge in [0.05, 0.1) is 18.0 Å². The second kappa shape index (κ2) is 18.5. The minimum atomic E-state index is -0.844. The van der Waals surface area contributed by atoms with Crippen LogP contribution < -0.4 is 10.7 Å². The van der Waals surface area contributed by atoms with Crippen LogP contribution in [0.3, 0.4) is 0 Å². The predicted octanol–water partition coefficient (Wildman–Crippen LogP) is 6.25. The second-order valence-electron chi connectivity index (χ2n) is 16.5. The van der Waals surface area contributed by atoms with Crippen molar-refractivity contribution in [1.82, 2.24) is 30.2 Å². The summed E-state index contributed by atoms with van der Waals surface area (Å²) in [5.41, 5.74) is 11.1. The number of aromatic nitrogens is 2. The molecule has 3 atom stereocenters. The first-order chi connectivity index (χ1) is 27.5. The van der Waals surface area contributed by atoms with Crippen LogP contribution in [0.1, 0.15) is 83.2 Å². The van der Waals surface area contributed by atoms with Crippen LogP contribution in [0, 0.1) is 11.3 Å². The quantitative estimate of drug-likeness (QED) is 0.120. The fourth-order valence-electron chi connectivity index (χ4n) is 8.53. The lowest BCUT2D eigenvalue weighted by atomic mass is 9.84. The number of amides is 3. The SMILES string of the molecule is CCn1c(-c2cccnc2C2CCCO2)c(CC(C)(C)COC=O)c2cc(-c3cccc(CC(NC(=O)C(C(C)C)N(C)C=O)C(=O)N4CCCCN4)c3)ccc21. The van der Waals surface area contributed by atoms with Crippen molar-refractivity contribution in [2.75, 3.05) is 33.4 Å². The monoisotopic (exact) mass is 778 g/mol. The molecule has 6 rings (SSSR count). The van der Waals surface area contributed by atoms with Crippen molar-refractivity contribution in [2.24, 2.45) is 11.3 Å². The summed E-state index contributed by atoms with van der Waals surface area (Å²) in [6.45, 7) is 13.6. The maximum atomic E-state index is 14.0. The number of hydrazine groups is 1. The fraction of sp³-hybridized carbons (Fsp3) is 0.489. The van der Waals surface area contributed by atoms with Gasteiger partial charge in [0, 0.05) is 67.8 Å². The van der Waals surface area contributed by atoms with Gasteiger partial charge < -0.3 is 24.3 Å². The molecule has 2 N–H and O–H groups in total. The van der Waals surface area contributed by atoms with Crippen molar-refractivity contribution < 1.29 is 28.7 Å². The number of hydrogen-bond donors (Lipinski definition) is 2. The van der Waals surface area contributed by atoms with Crippen molar-refractivity contribution in [2.45, 2.75) is 97.9 Å². The molecule has 0 radical (unpaired) electrons. The Kier molecular flexibility index (Phi) is 13.5. The van der Waals surface area contributed by atoms with Gasteiger partial charge in [-0.2, -0.15) is 0 Å². The predicted molar refractivity (Wildman–Crippen MR) is 221 cm³/mol. The van der Waals surface area contributed by atoms with Crippen LogP contribution in [0.15, 0.2) is 60.8 Å². The molecule has 0 aliphatic carbocycles. The summed E-state index contributed by atoms with van der Waals surface area (Å²) in [5, 5.41) is 5.74. The molecule has 2 saturated heterocycles.